The molecule has 2 aliphatic rings. The molecule has 2 aliphatic heterocycles. The maximum absolute atomic E-state index is 13.0. The minimum atomic E-state index is -4.47. The maximum Gasteiger partial charge on any atom is 0.408 e. The lowest BCUT2D eigenvalue weighted by molar-refractivity contribution is -0.182. The Hall–Kier alpha value is -1.96. The number of halogens is 4. The molecule has 0 bridgehead atoms. The summed E-state index contributed by atoms with van der Waals surface area (Å²) in [6.07, 6.45) is -4.30. The minimum absolute atomic E-state index is 0.0317. The molecule has 0 radical (unpaired) electrons. The summed E-state index contributed by atoms with van der Waals surface area (Å²) < 4.78 is 44.3. The average molecular weight is 363 g/mol. The van der Waals surface area contributed by atoms with Crippen LogP contribution in [0.25, 0.3) is 0 Å². The molecule has 2 heterocycles. The van der Waals surface area contributed by atoms with Crippen LogP contribution in [0.3, 0.4) is 0 Å². The summed E-state index contributed by atoms with van der Waals surface area (Å²) in [5.41, 5.74) is 0.287. The van der Waals surface area contributed by atoms with Crippen LogP contribution >= 0.6 is 11.6 Å². The first-order valence-electron chi connectivity index (χ1n) is 7.36. The standard InChI is InChI=1S/C15H14ClF3N2O3/c16-9-3-4-11-10(6-9)21(14(23)8-24-11)7-13(22)20-5-1-2-12(20)15(17,18)19/h3-4,6,12H,1-2,5,7-8H2. The highest BCUT2D eigenvalue weighted by molar-refractivity contribution is 6.31. The predicted molar refractivity (Wildman–Crippen MR) is 80.1 cm³/mol. The zero-order valence-corrected chi connectivity index (χ0v) is 13.2. The Morgan fingerprint density at radius 2 is 2.12 bits per heavy atom. The number of nitrogens with zero attached hydrogens (tertiary/aromatic N) is 2. The van der Waals surface area contributed by atoms with Gasteiger partial charge in [-0.05, 0) is 31.0 Å². The van der Waals surface area contributed by atoms with Gasteiger partial charge in [0.15, 0.2) is 6.61 Å². The number of hydrogen-bond acceptors (Lipinski definition) is 3. The third kappa shape index (κ3) is 3.15. The first-order chi connectivity index (χ1) is 11.3. The Morgan fingerprint density at radius 3 is 2.83 bits per heavy atom. The molecule has 0 spiro atoms. The number of carbonyl (C=O) groups is 2. The predicted octanol–water partition coefficient (Wildman–Crippen LogP) is 2.62. The summed E-state index contributed by atoms with van der Waals surface area (Å²) in [7, 11) is 0. The number of alkyl halides is 3. The highest BCUT2D eigenvalue weighted by Gasteiger charge is 2.48. The molecular formula is C15H14ClF3N2O3. The summed E-state index contributed by atoms with van der Waals surface area (Å²) >= 11 is 5.90. The van der Waals surface area contributed by atoms with Crippen LogP contribution < -0.4 is 9.64 Å². The fourth-order valence-electron chi connectivity index (χ4n) is 2.98. The van der Waals surface area contributed by atoms with Gasteiger partial charge < -0.3 is 9.64 Å². The van der Waals surface area contributed by atoms with Gasteiger partial charge in [-0.2, -0.15) is 13.2 Å². The van der Waals surface area contributed by atoms with E-state index in [1.165, 1.54) is 6.07 Å². The maximum atomic E-state index is 13.0. The number of likely N-dealkylation sites (tertiary alicyclic amines) is 1. The van der Waals surface area contributed by atoms with Crippen molar-refractivity contribution >= 4 is 29.1 Å². The van der Waals surface area contributed by atoms with Crippen LogP contribution in [0, 0.1) is 0 Å². The van der Waals surface area contributed by atoms with Crippen LogP contribution in [0.4, 0.5) is 18.9 Å². The van der Waals surface area contributed by atoms with Crippen molar-refractivity contribution in [2.24, 2.45) is 0 Å². The molecule has 0 saturated carbocycles. The zero-order valence-electron chi connectivity index (χ0n) is 12.5. The molecule has 3 rings (SSSR count). The van der Waals surface area contributed by atoms with E-state index in [1.807, 2.05) is 0 Å². The van der Waals surface area contributed by atoms with Crippen LogP contribution in [0.15, 0.2) is 18.2 Å². The van der Waals surface area contributed by atoms with E-state index in [0.717, 1.165) is 9.80 Å². The monoisotopic (exact) mass is 362 g/mol. The lowest BCUT2D eigenvalue weighted by Gasteiger charge is -2.32. The van der Waals surface area contributed by atoms with Crippen molar-refractivity contribution in [1.82, 2.24) is 4.90 Å². The van der Waals surface area contributed by atoms with Crippen molar-refractivity contribution in [3.05, 3.63) is 23.2 Å². The Bertz CT molecular complexity index is 680. The molecule has 0 N–H and O–H groups in total. The van der Waals surface area contributed by atoms with Gasteiger partial charge in [-0.1, -0.05) is 11.6 Å². The SMILES string of the molecule is O=C1COc2ccc(Cl)cc2N1CC(=O)N1CCCC1C(F)(F)F. The van der Waals surface area contributed by atoms with Gasteiger partial charge in [0.05, 0.1) is 5.69 Å². The molecule has 1 aromatic carbocycles. The van der Waals surface area contributed by atoms with Crippen molar-refractivity contribution in [3.63, 3.8) is 0 Å². The van der Waals surface area contributed by atoms with Gasteiger partial charge in [-0.3, -0.25) is 14.5 Å². The van der Waals surface area contributed by atoms with Crippen LogP contribution in [-0.4, -0.2) is 48.6 Å². The summed E-state index contributed by atoms with van der Waals surface area (Å²) in [4.78, 5) is 26.4. The van der Waals surface area contributed by atoms with E-state index in [1.54, 1.807) is 12.1 Å². The quantitative estimate of drug-likeness (QED) is 0.812. The largest absolute Gasteiger partial charge is 0.482 e. The Morgan fingerprint density at radius 1 is 1.38 bits per heavy atom. The molecule has 0 aromatic heterocycles. The van der Waals surface area contributed by atoms with Crippen LogP contribution in [-0.2, 0) is 9.59 Å². The first kappa shape index (κ1) is 16.9. The molecule has 5 nitrogen and oxygen atoms in total. The van der Waals surface area contributed by atoms with Crippen molar-refractivity contribution < 1.29 is 27.5 Å². The zero-order chi connectivity index (χ0) is 17.5. The highest BCUT2D eigenvalue weighted by Crippen LogP contribution is 2.36. The minimum Gasteiger partial charge on any atom is -0.482 e. The Balaban J connectivity index is 1.82. The lowest BCUT2D eigenvalue weighted by atomic mass is 10.2. The van der Waals surface area contributed by atoms with Crippen LogP contribution in [0.2, 0.25) is 5.02 Å². The van der Waals surface area contributed by atoms with E-state index in [4.69, 9.17) is 16.3 Å². The van der Waals surface area contributed by atoms with E-state index in [-0.39, 0.29) is 31.7 Å². The van der Waals surface area contributed by atoms with E-state index in [0.29, 0.717) is 10.8 Å². The van der Waals surface area contributed by atoms with Gasteiger partial charge in [-0.25, -0.2) is 0 Å². The lowest BCUT2D eigenvalue weighted by Crippen LogP contribution is -2.50. The number of hydrogen-bond donors (Lipinski definition) is 0. The molecule has 9 heteroatoms. The average Bonchev–Trinajstić information content (AvgIpc) is 3.00. The first-order valence-corrected chi connectivity index (χ1v) is 7.74. The number of benzene rings is 1. The van der Waals surface area contributed by atoms with Gasteiger partial charge in [0, 0.05) is 11.6 Å². The van der Waals surface area contributed by atoms with Crippen LogP contribution in [0.5, 0.6) is 5.75 Å². The highest BCUT2D eigenvalue weighted by atomic mass is 35.5. The van der Waals surface area contributed by atoms with E-state index >= 15 is 0 Å². The summed E-state index contributed by atoms with van der Waals surface area (Å²) in [5, 5.41) is 0.332. The second kappa shape index (κ2) is 6.16. The molecule has 130 valence electrons. The summed E-state index contributed by atoms with van der Waals surface area (Å²) in [6.45, 7) is -0.712. The normalized spacial score (nSPS) is 20.8. The fraction of sp³-hybridized carbons (Fsp3) is 0.467. The van der Waals surface area contributed by atoms with Gasteiger partial charge in [0.2, 0.25) is 5.91 Å². The van der Waals surface area contributed by atoms with Crippen molar-refractivity contribution in [3.8, 4) is 5.75 Å². The molecule has 2 amide bonds. The van der Waals surface area contributed by atoms with Gasteiger partial charge in [-0.15, -0.1) is 0 Å². The summed E-state index contributed by atoms with van der Waals surface area (Å²) in [5.74, 6) is -0.877. The third-order valence-electron chi connectivity index (χ3n) is 4.11. The summed E-state index contributed by atoms with van der Waals surface area (Å²) in [6, 6.07) is 2.78. The Kier molecular flexibility index (Phi) is 4.33. The van der Waals surface area contributed by atoms with Gasteiger partial charge in [0.1, 0.15) is 18.3 Å². The van der Waals surface area contributed by atoms with Crippen molar-refractivity contribution in [2.45, 2.75) is 25.1 Å². The number of carbonyl (C=O) groups excluding carboxylic acids is 2. The third-order valence-corrected chi connectivity index (χ3v) is 4.34. The molecule has 1 atom stereocenters. The molecule has 1 aromatic rings. The number of rotatable bonds is 2. The second-order valence-electron chi connectivity index (χ2n) is 5.67. The molecule has 0 aliphatic carbocycles. The number of anilines is 1. The number of fused-ring (bicyclic) bond motifs is 1. The topological polar surface area (TPSA) is 49.9 Å². The smallest absolute Gasteiger partial charge is 0.408 e. The molecule has 1 fully saturated rings. The number of amides is 2. The molecule has 1 saturated heterocycles. The van der Waals surface area contributed by atoms with E-state index < -0.39 is 30.6 Å². The van der Waals surface area contributed by atoms with Crippen molar-refractivity contribution in [2.75, 3.05) is 24.6 Å². The Labute approximate surface area is 140 Å². The molecule has 1 unspecified atom stereocenters. The second-order valence-corrected chi connectivity index (χ2v) is 6.10. The molecular weight excluding hydrogens is 349 g/mol. The van der Waals surface area contributed by atoms with E-state index in [9.17, 15) is 22.8 Å². The molecule has 24 heavy (non-hydrogen) atoms. The number of ether oxygens (including phenoxy) is 1. The van der Waals surface area contributed by atoms with E-state index in [2.05, 4.69) is 0 Å². The van der Waals surface area contributed by atoms with Gasteiger partial charge >= 0.3 is 6.18 Å². The van der Waals surface area contributed by atoms with Crippen molar-refractivity contribution in [1.29, 1.82) is 0 Å². The fourth-order valence-corrected chi connectivity index (χ4v) is 3.15. The van der Waals surface area contributed by atoms with Gasteiger partial charge in [0.25, 0.3) is 5.91 Å². The van der Waals surface area contributed by atoms with Crippen LogP contribution in [0.1, 0.15) is 12.8 Å².